The summed E-state index contributed by atoms with van der Waals surface area (Å²) in [7, 11) is 0. The summed E-state index contributed by atoms with van der Waals surface area (Å²) in [5, 5.41) is 0.495. The third kappa shape index (κ3) is 5.24. The Bertz CT molecular complexity index is 553. The lowest BCUT2D eigenvalue weighted by molar-refractivity contribution is 0.538. The molecule has 0 atom stereocenters. The average Bonchev–Trinajstić information content (AvgIpc) is 2.94. The van der Waals surface area contributed by atoms with Crippen LogP contribution < -0.4 is 0 Å². The van der Waals surface area contributed by atoms with Crippen LogP contribution in [0, 0.1) is 0 Å². The first-order chi connectivity index (χ1) is 10.8. The Labute approximate surface area is 138 Å². The molecule has 0 aliphatic heterocycles. The van der Waals surface area contributed by atoms with Crippen LogP contribution >= 0.6 is 11.6 Å². The van der Waals surface area contributed by atoms with Gasteiger partial charge < -0.3 is 4.57 Å². The number of halogens is 1. The van der Waals surface area contributed by atoms with Crippen molar-refractivity contribution in [2.24, 2.45) is 0 Å². The van der Waals surface area contributed by atoms with Crippen molar-refractivity contribution in [1.82, 2.24) is 19.5 Å². The molecule has 2 aromatic heterocycles. The number of fused-ring (bicyclic) bond motifs is 1. The molecule has 122 valence electrons. The van der Waals surface area contributed by atoms with E-state index in [2.05, 4.69) is 26.4 Å². The van der Waals surface area contributed by atoms with Gasteiger partial charge in [0.05, 0.1) is 6.33 Å². The number of nitrogens with zero attached hydrogens (tertiary/aromatic N) is 4. The van der Waals surface area contributed by atoms with Gasteiger partial charge in [-0.3, -0.25) is 0 Å². The molecule has 0 amide bonds. The van der Waals surface area contributed by atoms with Gasteiger partial charge in [-0.1, -0.05) is 76.3 Å². The molecular formula is C17H27ClN4. The highest BCUT2D eigenvalue weighted by Crippen LogP contribution is 2.19. The van der Waals surface area contributed by atoms with Gasteiger partial charge in [-0.05, 0) is 6.42 Å². The zero-order valence-corrected chi connectivity index (χ0v) is 14.4. The molecule has 0 bridgehead atoms. The molecule has 0 saturated carbocycles. The molecule has 22 heavy (non-hydrogen) atoms. The van der Waals surface area contributed by atoms with Crippen molar-refractivity contribution >= 4 is 22.8 Å². The number of hydrogen-bond acceptors (Lipinski definition) is 3. The van der Waals surface area contributed by atoms with E-state index in [1.807, 2.05) is 6.33 Å². The van der Waals surface area contributed by atoms with Gasteiger partial charge in [-0.2, -0.15) is 0 Å². The second-order valence-electron chi connectivity index (χ2n) is 5.96. The van der Waals surface area contributed by atoms with Gasteiger partial charge in [0.25, 0.3) is 0 Å². The third-order valence-corrected chi connectivity index (χ3v) is 4.39. The lowest BCUT2D eigenvalue weighted by atomic mass is 10.1. The summed E-state index contributed by atoms with van der Waals surface area (Å²) in [6, 6.07) is 0. The molecule has 2 aromatic rings. The molecule has 0 fully saturated rings. The maximum absolute atomic E-state index is 6.13. The Hall–Kier alpha value is -1.16. The number of unbranched alkanes of at least 4 members (excludes halogenated alkanes) is 9. The van der Waals surface area contributed by atoms with Crippen LogP contribution in [0.4, 0.5) is 0 Å². The van der Waals surface area contributed by atoms with E-state index in [0.29, 0.717) is 10.8 Å². The predicted octanol–water partition coefficient (Wildman–Crippen LogP) is 5.40. The first-order valence-corrected chi connectivity index (χ1v) is 9.02. The van der Waals surface area contributed by atoms with Crippen LogP contribution in [0.1, 0.15) is 71.1 Å². The van der Waals surface area contributed by atoms with Gasteiger partial charge in [0.15, 0.2) is 10.8 Å². The highest BCUT2D eigenvalue weighted by Gasteiger charge is 2.08. The highest BCUT2D eigenvalue weighted by atomic mass is 35.5. The molecule has 0 aromatic carbocycles. The van der Waals surface area contributed by atoms with Crippen molar-refractivity contribution in [2.75, 3.05) is 0 Å². The summed E-state index contributed by atoms with van der Waals surface area (Å²) < 4.78 is 2.07. The first kappa shape index (κ1) is 17.2. The van der Waals surface area contributed by atoms with Gasteiger partial charge in [0.1, 0.15) is 11.8 Å². The van der Waals surface area contributed by atoms with Crippen molar-refractivity contribution in [1.29, 1.82) is 0 Å². The summed E-state index contributed by atoms with van der Waals surface area (Å²) in [6.07, 6.45) is 16.7. The molecule has 0 saturated heterocycles. The van der Waals surface area contributed by atoms with E-state index < -0.39 is 0 Å². The van der Waals surface area contributed by atoms with E-state index in [1.165, 1.54) is 64.1 Å². The highest BCUT2D eigenvalue weighted by molar-refractivity contribution is 6.33. The van der Waals surface area contributed by atoms with Crippen LogP contribution in [0.15, 0.2) is 12.7 Å². The topological polar surface area (TPSA) is 43.6 Å². The zero-order chi connectivity index (χ0) is 15.6. The fourth-order valence-corrected chi connectivity index (χ4v) is 3.05. The summed E-state index contributed by atoms with van der Waals surface area (Å²) in [4.78, 5) is 12.4. The number of aromatic nitrogens is 4. The van der Waals surface area contributed by atoms with Crippen LogP contribution in [0.3, 0.4) is 0 Å². The van der Waals surface area contributed by atoms with Crippen LogP contribution in [-0.2, 0) is 6.54 Å². The molecule has 2 heterocycles. The van der Waals surface area contributed by atoms with E-state index in [-0.39, 0.29) is 0 Å². The Morgan fingerprint density at radius 2 is 1.50 bits per heavy atom. The summed E-state index contributed by atoms with van der Waals surface area (Å²) in [5.74, 6) is 0. The summed E-state index contributed by atoms with van der Waals surface area (Å²) >= 11 is 6.13. The van der Waals surface area contributed by atoms with Crippen LogP contribution in [0.5, 0.6) is 0 Å². The molecule has 0 unspecified atom stereocenters. The predicted molar refractivity (Wildman–Crippen MR) is 92.2 cm³/mol. The van der Waals surface area contributed by atoms with Crippen molar-refractivity contribution in [2.45, 2.75) is 77.7 Å². The van der Waals surface area contributed by atoms with Crippen molar-refractivity contribution in [3.05, 3.63) is 17.8 Å². The zero-order valence-electron chi connectivity index (χ0n) is 13.6. The molecule has 5 heteroatoms. The van der Waals surface area contributed by atoms with Crippen molar-refractivity contribution in [3.8, 4) is 0 Å². The Balaban J connectivity index is 1.59. The lowest BCUT2D eigenvalue weighted by Gasteiger charge is -2.05. The summed E-state index contributed by atoms with van der Waals surface area (Å²) in [5.41, 5.74) is 1.55. The second kappa shape index (κ2) is 9.78. The Morgan fingerprint density at radius 1 is 0.864 bits per heavy atom. The maximum Gasteiger partial charge on any atom is 0.182 e. The fourth-order valence-electron chi connectivity index (χ4n) is 2.81. The van der Waals surface area contributed by atoms with Gasteiger partial charge >= 0.3 is 0 Å². The molecule has 0 aliphatic carbocycles. The first-order valence-electron chi connectivity index (χ1n) is 8.64. The van der Waals surface area contributed by atoms with E-state index in [1.54, 1.807) is 0 Å². The smallest absolute Gasteiger partial charge is 0.182 e. The van der Waals surface area contributed by atoms with Gasteiger partial charge in [0.2, 0.25) is 0 Å². The fraction of sp³-hybridized carbons (Fsp3) is 0.706. The van der Waals surface area contributed by atoms with Crippen molar-refractivity contribution in [3.63, 3.8) is 0 Å². The molecule has 2 rings (SSSR count). The van der Waals surface area contributed by atoms with Gasteiger partial charge in [0, 0.05) is 6.54 Å². The lowest BCUT2D eigenvalue weighted by Crippen LogP contribution is -1.97. The Kier molecular flexibility index (Phi) is 7.64. The largest absolute Gasteiger partial charge is 0.327 e. The minimum atomic E-state index is 0.495. The van der Waals surface area contributed by atoms with Crippen LogP contribution in [0.2, 0.25) is 5.15 Å². The monoisotopic (exact) mass is 322 g/mol. The molecule has 0 radical (unpaired) electrons. The number of aryl methyl sites for hydroxylation is 1. The summed E-state index contributed by atoms with van der Waals surface area (Å²) in [6.45, 7) is 3.21. The number of hydrogen-bond donors (Lipinski definition) is 0. The minimum Gasteiger partial charge on any atom is -0.327 e. The Morgan fingerprint density at radius 3 is 2.18 bits per heavy atom. The molecule has 0 aliphatic rings. The van der Waals surface area contributed by atoms with E-state index in [4.69, 9.17) is 11.6 Å². The second-order valence-corrected chi connectivity index (χ2v) is 6.31. The van der Waals surface area contributed by atoms with Crippen LogP contribution in [-0.4, -0.2) is 19.5 Å². The quantitative estimate of drug-likeness (QED) is 0.411. The molecule has 0 N–H and O–H groups in total. The number of imidazole rings is 1. The minimum absolute atomic E-state index is 0.495. The van der Waals surface area contributed by atoms with E-state index in [9.17, 15) is 0 Å². The average molecular weight is 323 g/mol. The van der Waals surface area contributed by atoms with Crippen LogP contribution in [0.25, 0.3) is 11.2 Å². The molecule has 0 spiro atoms. The standard InChI is InChI=1S/C17H27ClN4/c1-2-3-4-5-6-7-8-9-10-11-12-22-14-21-17-15(22)16(18)19-13-20-17/h13-14H,2-12H2,1H3. The maximum atomic E-state index is 6.13. The SMILES string of the molecule is CCCCCCCCCCCCn1cnc2ncnc(Cl)c21. The van der Waals surface area contributed by atoms with E-state index in [0.717, 1.165) is 18.5 Å². The third-order valence-electron chi connectivity index (χ3n) is 4.12. The number of rotatable bonds is 11. The van der Waals surface area contributed by atoms with Gasteiger partial charge in [-0.25, -0.2) is 15.0 Å². The normalized spacial score (nSPS) is 11.4. The van der Waals surface area contributed by atoms with Gasteiger partial charge in [-0.15, -0.1) is 0 Å². The van der Waals surface area contributed by atoms with Crippen molar-refractivity contribution < 1.29 is 0 Å². The molecular weight excluding hydrogens is 296 g/mol. The van der Waals surface area contributed by atoms with E-state index >= 15 is 0 Å². The molecule has 4 nitrogen and oxygen atoms in total.